The molecule has 2 N–H and O–H groups in total. The van der Waals surface area contributed by atoms with Gasteiger partial charge in [0.1, 0.15) is 4.21 Å². The van der Waals surface area contributed by atoms with Crippen molar-refractivity contribution < 1.29 is 22.7 Å². The van der Waals surface area contributed by atoms with Crippen LogP contribution in [0.25, 0.3) is 0 Å². The van der Waals surface area contributed by atoms with Crippen LogP contribution in [0, 0.1) is 11.8 Å². The molecule has 0 aliphatic heterocycles. The molecule has 1 aliphatic rings. The molecule has 1 aromatic heterocycles. The summed E-state index contributed by atoms with van der Waals surface area (Å²) in [5, 5.41) is 2.90. The van der Waals surface area contributed by atoms with Crippen molar-refractivity contribution in [2.24, 2.45) is 11.8 Å². The highest BCUT2D eigenvalue weighted by Crippen LogP contribution is 2.30. The van der Waals surface area contributed by atoms with Gasteiger partial charge in [-0.1, -0.05) is 0 Å². The zero-order chi connectivity index (χ0) is 22.4. The number of hydrogen-bond donors (Lipinski definition) is 2. The molecular weight excluding hydrogens is 504 g/mol. The van der Waals surface area contributed by atoms with Crippen molar-refractivity contribution in [2.75, 3.05) is 18.5 Å². The fraction of sp³-hybridized carbons (Fsp3) is 0.429. The number of sulfonamides is 1. The summed E-state index contributed by atoms with van der Waals surface area (Å²) < 4.78 is 33.4. The Morgan fingerprint density at radius 3 is 2.35 bits per heavy atom. The van der Waals surface area contributed by atoms with Crippen molar-refractivity contribution in [1.82, 2.24) is 4.72 Å². The van der Waals surface area contributed by atoms with Crippen LogP contribution in [0.4, 0.5) is 5.69 Å². The normalized spacial score (nSPS) is 19.0. The number of amides is 1. The molecular formula is C21H25BrN2O5S2. The van der Waals surface area contributed by atoms with Crippen LogP contribution in [0.3, 0.4) is 0 Å². The van der Waals surface area contributed by atoms with Gasteiger partial charge in [-0.15, -0.1) is 11.3 Å². The summed E-state index contributed by atoms with van der Waals surface area (Å²) in [5.74, 6) is -0.329. The van der Waals surface area contributed by atoms with Gasteiger partial charge in [-0.2, -0.15) is 0 Å². The van der Waals surface area contributed by atoms with Crippen molar-refractivity contribution in [3.05, 3.63) is 45.7 Å². The number of carbonyl (C=O) groups excluding carboxylic acids is 2. The van der Waals surface area contributed by atoms with E-state index in [1.54, 1.807) is 43.3 Å². The molecule has 31 heavy (non-hydrogen) atoms. The highest BCUT2D eigenvalue weighted by atomic mass is 79.9. The van der Waals surface area contributed by atoms with Gasteiger partial charge in [-0.25, -0.2) is 17.9 Å². The van der Waals surface area contributed by atoms with E-state index in [0.29, 0.717) is 41.5 Å². The standard InChI is InChI=1S/C21H25BrN2O5S2/c1-2-29-21(26)16-7-9-17(10-8-16)24-20(25)15-5-3-14(4-6-15)13-23-31(27,28)19-12-11-18(22)30-19/h7-12,14-15,23H,2-6,13H2,1H3,(H,24,25). The molecule has 1 fully saturated rings. The van der Waals surface area contributed by atoms with Crippen molar-refractivity contribution >= 4 is 54.9 Å². The van der Waals surface area contributed by atoms with E-state index in [4.69, 9.17) is 4.74 Å². The summed E-state index contributed by atoms with van der Waals surface area (Å²) in [6.45, 7) is 2.44. The molecule has 0 radical (unpaired) electrons. The Balaban J connectivity index is 1.45. The molecule has 7 nitrogen and oxygen atoms in total. The number of nitrogens with one attached hydrogen (secondary N) is 2. The Kier molecular flexibility index (Phi) is 8.26. The van der Waals surface area contributed by atoms with Gasteiger partial charge in [0.15, 0.2) is 0 Å². The van der Waals surface area contributed by atoms with Crippen LogP contribution >= 0.6 is 27.3 Å². The monoisotopic (exact) mass is 528 g/mol. The van der Waals surface area contributed by atoms with E-state index in [-0.39, 0.29) is 23.7 Å². The van der Waals surface area contributed by atoms with E-state index in [0.717, 1.165) is 16.6 Å². The lowest BCUT2D eigenvalue weighted by Crippen LogP contribution is -2.33. The van der Waals surface area contributed by atoms with Gasteiger partial charge in [-0.05, 0) is 90.9 Å². The van der Waals surface area contributed by atoms with Gasteiger partial charge in [0.2, 0.25) is 15.9 Å². The zero-order valence-electron chi connectivity index (χ0n) is 17.1. The quantitative estimate of drug-likeness (QED) is 0.494. The number of esters is 1. The molecule has 1 saturated carbocycles. The minimum absolute atomic E-state index is 0.0497. The summed E-state index contributed by atoms with van der Waals surface area (Å²) in [7, 11) is -3.50. The van der Waals surface area contributed by atoms with Crippen LogP contribution in [0.2, 0.25) is 0 Å². The largest absolute Gasteiger partial charge is 0.462 e. The summed E-state index contributed by atoms with van der Waals surface area (Å²) in [6, 6.07) is 9.93. The fourth-order valence-corrected chi connectivity index (χ4v) is 6.69. The number of ether oxygens (including phenoxy) is 1. The van der Waals surface area contributed by atoms with Crippen LogP contribution in [0.15, 0.2) is 44.4 Å². The second-order valence-corrected chi connectivity index (χ2v) is 11.9. The van der Waals surface area contributed by atoms with E-state index in [1.165, 1.54) is 11.3 Å². The Morgan fingerprint density at radius 1 is 1.10 bits per heavy atom. The number of thiophene rings is 1. The lowest BCUT2D eigenvalue weighted by atomic mass is 9.81. The summed E-state index contributed by atoms with van der Waals surface area (Å²) in [5.41, 5.74) is 1.08. The van der Waals surface area contributed by atoms with Crippen LogP contribution in [0.1, 0.15) is 43.0 Å². The molecule has 168 valence electrons. The number of benzene rings is 1. The maximum absolute atomic E-state index is 12.6. The average Bonchev–Trinajstić information content (AvgIpc) is 3.21. The highest BCUT2D eigenvalue weighted by molar-refractivity contribution is 9.11. The second kappa shape index (κ2) is 10.7. The molecule has 1 heterocycles. The molecule has 0 saturated heterocycles. The third-order valence-corrected chi connectivity index (χ3v) is 8.80. The van der Waals surface area contributed by atoms with Crippen molar-refractivity contribution in [1.29, 1.82) is 0 Å². The molecule has 3 rings (SSSR count). The predicted molar refractivity (Wildman–Crippen MR) is 124 cm³/mol. The lowest BCUT2D eigenvalue weighted by molar-refractivity contribution is -0.121. The molecule has 1 aromatic carbocycles. The third kappa shape index (κ3) is 6.61. The summed E-state index contributed by atoms with van der Waals surface area (Å²) in [6.07, 6.45) is 3.00. The van der Waals surface area contributed by atoms with Gasteiger partial charge < -0.3 is 10.1 Å². The third-order valence-electron chi connectivity index (χ3n) is 5.26. The molecule has 0 unspecified atom stereocenters. The van der Waals surface area contributed by atoms with Crippen LogP contribution in [0.5, 0.6) is 0 Å². The number of hydrogen-bond acceptors (Lipinski definition) is 6. The highest BCUT2D eigenvalue weighted by Gasteiger charge is 2.27. The topological polar surface area (TPSA) is 102 Å². The molecule has 0 atom stereocenters. The first-order valence-corrected chi connectivity index (χ1v) is 13.2. The van der Waals surface area contributed by atoms with Gasteiger partial charge in [0, 0.05) is 18.2 Å². The SMILES string of the molecule is CCOC(=O)c1ccc(NC(=O)C2CCC(CNS(=O)(=O)c3ccc(Br)s3)CC2)cc1. The van der Waals surface area contributed by atoms with Crippen LogP contribution in [-0.2, 0) is 19.6 Å². The minimum atomic E-state index is -3.50. The van der Waals surface area contributed by atoms with E-state index >= 15 is 0 Å². The second-order valence-electron chi connectivity index (χ2n) is 7.42. The molecule has 2 aromatic rings. The molecule has 0 spiro atoms. The maximum atomic E-state index is 12.6. The van der Waals surface area contributed by atoms with E-state index < -0.39 is 10.0 Å². The van der Waals surface area contributed by atoms with Gasteiger partial charge >= 0.3 is 5.97 Å². The first-order chi connectivity index (χ1) is 14.8. The average molecular weight is 529 g/mol. The molecule has 1 amide bonds. The number of anilines is 1. The van der Waals surface area contributed by atoms with Crippen LogP contribution < -0.4 is 10.0 Å². The Labute approximate surface area is 194 Å². The predicted octanol–water partition coefficient (Wildman–Crippen LogP) is 4.41. The molecule has 0 bridgehead atoms. The Bertz CT molecular complexity index is 1010. The number of carbonyl (C=O) groups is 2. The Hall–Kier alpha value is -1.75. The maximum Gasteiger partial charge on any atom is 0.338 e. The first kappa shape index (κ1) is 23.9. The summed E-state index contributed by atoms with van der Waals surface area (Å²) in [4.78, 5) is 24.3. The summed E-state index contributed by atoms with van der Waals surface area (Å²) >= 11 is 4.46. The van der Waals surface area contributed by atoms with Crippen LogP contribution in [-0.4, -0.2) is 33.4 Å². The minimum Gasteiger partial charge on any atom is -0.462 e. The fourth-order valence-electron chi connectivity index (χ4n) is 3.52. The van der Waals surface area contributed by atoms with E-state index in [9.17, 15) is 18.0 Å². The van der Waals surface area contributed by atoms with Crippen molar-refractivity contribution in [3.8, 4) is 0 Å². The van der Waals surface area contributed by atoms with Crippen molar-refractivity contribution in [3.63, 3.8) is 0 Å². The first-order valence-electron chi connectivity index (χ1n) is 10.1. The van der Waals surface area contributed by atoms with E-state index in [2.05, 4.69) is 26.0 Å². The van der Waals surface area contributed by atoms with E-state index in [1.807, 2.05) is 0 Å². The molecule has 1 aliphatic carbocycles. The van der Waals surface area contributed by atoms with Gasteiger partial charge in [0.25, 0.3) is 0 Å². The lowest BCUT2D eigenvalue weighted by Gasteiger charge is -2.27. The van der Waals surface area contributed by atoms with Gasteiger partial charge in [0.05, 0.1) is 16.0 Å². The molecule has 10 heteroatoms. The number of rotatable bonds is 8. The zero-order valence-corrected chi connectivity index (χ0v) is 20.3. The number of halogens is 1. The smallest absolute Gasteiger partial charge is 0.338 e. The Morgan fingerprint density at radius 2 is 1.77 bits per heavy atom. The van der Waals surface area contributed by atoms with Gasteiger partial charge in [-0.3, -0.25) is 4.79 Å². The van der Waals surface area contributed by atoms with Crippen molar-refractivity contribution in [2.45, 2.75) is 36.8 Å².